The first-order valence-corrected chi connectivity index (χ1v) is 5.94. The third-order valence-corrected chi connectivity index (χ3v) is 2.95. The Labute approximate surface area is 97.9 Å². The van der Waals surface area contributed by atoms with Crippen molar-refractivity contribution in [2.75, 3.05) is 0 Å². The van der Waals surface area contributed by atoms with E-state index in [1.807, 2.05) is 6.07 Å². The van der Waals surface area contributed by atoms with Crippen molar-refractivity contribution in [3.8, 4) is 11.1 Å². The highest BCUT2D eigenvalue weighted by Crippen LogP contribution is 2.24. The fourth-order valence-electron chi connectivity index (χ4n) is 1.98. The molecule has 0 heterocycles. The zero-order chi connectivity index (χ0) is 11.4. The van der Waals surface area contributed by atoms with Gasteiger partial charge in [-0.1, -0.05) is 56.3 Å². The van der Waals surface area contributed by atoms with E-state index >= 15 is 0 Å². The van der Waals surface area contributed by atoms with Crippen LogP contribution in [0.15, 0.2) is 42.5 Å². The van der Waals surface area contributed by atoms with E-state index in [0.717, 1.165) is 12.8 Å². The zero-order valence-corrected chi connectivity index (χ0v) is 9.96. The lowest BCUT2D eigenvalue weighted by Crippen LogP contribution is -1.88. The molecule has 0 nitrogen and oxygen atoms in total. The van der Waals surface area contributed by atoms with Crippen LogP contribution >= 0.6 is 0 Å². The molecule has 0 atom stereocenters. The first-order chi connectivity index (χ1) is 7.85. The Bertz CT molecular complexity index is 469. The molecule has 0 heteroatoms. The molecule has 0 unspecified atom stereocenters. The highest BCUT2D eigenvalue weighted by molar-refractivity contribution is 5.67. The van der Waals surface area contributed by atoms with Crippen LogP contribution in [0.25, 0.3) is 11.1 Å². The van der Waals surface area contributed by atoms with Gasteiger partial charge in [0.1, 0.15) is 0 Å². The third kappa shape index (κ3) is 2.16. The van der Waals surface area contributed by atoms with Crippen LogP contribution in [0.4, 0.5) is 0 Å². The fraction of sp³-hybridized carbons (Fsp3) is 0.250. The van der Waals surface area contributed by atoms with Crippen LogP contribution in [0, 0.1) is 6.07 Å². The number of benzene rings is 2. The van der Waals surface area contributed by atoms with Crippen molar-refractivity contribution >= 4 is 0 Å². The maximum Gasteiger partial charge on any atom is -0.00731 e. The van der Waals surface area contributed by atoms with Gasteiger partial charge in [0, 0.05) is 0 Å². The second kappa shape index (κ2) is 4.98. The van der Waals surface area contributed by atoms with Gasteiger partial charge < -0.3 is 0 Å². The molecule has 81 valence electrons. The summed E-state index contributed by atoms with van der Waals surface area (Å²) in [6, 6.07) is 18.3. The first kappa shape index (κ1) is 10.9. The van der Waals surface area contributed by atoms with Crippen LogP contribution < -0.4 is 0 Å². The fourth-order valence-corrected chi connectivity index (χ4v) is 1.98. The van der Waals surface area contributed by atoms with E-state index in [0.29, 0.717) is 0 Å². The average Bonchev–Trinajstić information content (AvgIpc) is 2.38. The summed E-state index contributed by atoms with van der Waals surface area (Å²) >= 11 is 0. The summed E-state index contributed by atoms with van der Waals surface area (Å²) in [5.74, 6) is 0. The Morgan fingerprint density at radius 2 is 1.88 bits per heavy atom. The molecule has 0 saturated carbocycles. The largest absolute Gasteiger partial charge is 0.0614 e. The van der Waals surface area contributed by atoms with Crippen molar-refractivity contribution in [3.05, 3.63) is 59.7 Å². The van der Waals surface area contributed by atoms with E-state index < -0.39 is 0 Å². The molecule has 0 saturated heterocycles. The van der Waals surface area contributed by atoms with Gasteiger partial charge in [0.15, 0.2) is 0 Å². The average molecular weight is 209 g/mol. The molecule has 16 heavy (non-hydrogen) atoms. The Hall–Kier alpha value is -1.56. The molecule has 1 radical (unpaired) electrons. The second-order valence-electron chi connectivity index (χ2n) is 3.98. The number of hydrogen-bond acceptors (Lipinski definition) is 0. The van der Waals surface area contributed by atoms with Crippen molar-refractivity contribution in [3.63, 3.8) is 0 Å². The molecule has 0 aliphatic heterocycles. The minimum atomic E-state index is 1.06. The van der Waals surface area contributed by atoms with Crippen molar-refractivity contribution < 1.29 is 0 Å². The van der Waals surface area contributed by atoms with E-state index in [1.54, 1.807) is 0 Å². The summed E-state index contributed by atoms with van der Waals surface area (Å²) in [7, 11) is 0. The summed E-state index contributed by atoms with van der Waals surface area (Å²) < 4.78 is 0. The maximum atomic E-state index is 3.36. The molecule has 0 aromatic heterocycles. The number of aryl methyl sites for hydroxylation is 2. The molecule has 0 aliphatic carbocycles. The molecular formula is C16H17. The molecule has 0 spiro atoms. The lowest BCUT2D eigenvalue weighted by molar-refractivity contribution is 1.13. The van der Waals surface area contributed by atoms with E-state index in [1.165, 1.54) is 22.3 Å². The summed E-state index contributed by atoms with van der Waals surface area (Å²) in [6.45, 7) is 4.38. The Morgan fingerprint density at radius 1 is 1.00 bits per heavy atom. The van der Waals surface area contributed by atoms with Gasteiger partial charge in [0.2, 0.25) is 0 Å². The highest BCUT2D eigenvalue weighted by Gasteiger charge is 2.03. The van der Waals surface area contributed by atoms with Gasteiger partial charge in [-0.2, -0.15) is 0 Å². The molecular weight excluding hydrogens is 192 g/mol. The van der Waals surface area contributed by atoms with Crippen LogP contribution in [0.3, 0.4) is 0 Å². The lowest BCUT2D eigenvalue weighted by atomic mass is 9.96. The Balaban J connectivity index is 2.49. The molecule has 0 bridgehead atoms. The van der Waals surface area contributed by atoms with Crippen LogP contribution in [0.1, 0.15) is 25.0 Å². The van der Waals surface area contributed by atoms with Crippen molar-refractivity contribution in [1.29, 1.82) is 0 Å². The van der Waals surface area contributed by atoms with Gasteiger partial charge in [-0.05, 0) is 41.2 Å². The van der Waals surface area contributed by atoms with Crippen LogP contribution in [0.5, 0.6) is 0 Å². The van der Waals surface area contributed by atoms with Gasteiger partial charge in [0.25, 0.3) is 0 Å². The summed E-state index contributed by atoms with van der Waals surface area (Å²) in [6.07, 6.45) is 2.14. The summed E-state index contributed by atoms with van der Waals surface area (Å²) in [4.78, 5) is 0. The van der Waals surface area contributed by atoms with Gasteiger partial charge in [-0.25, -0.2) is 0 Å². The van der Waals surface area contributed by atoms with E-state index in [-0.39, 0.29) is 0 Å². The molecule has 2 aromatic carbocycles. The van der Waals surface area contributed by atoms with Gasteiger partial charge in [-0.15, -0.1) is 0 Å². The number of rotatable bonds is 3. The van der Waals surface area contributed by atoms with Crippen molar-refractivity contribution in [2.45, 2.75) is 26.7 Å². The Kier molecular flexibility index (Phi) is 3.40. The smallest absolute Gasteiger partial charge is 0.00731 e. The van der Waals surface area contributed by atoms with Gasteiger partial charge >= 0.3 is 0 Å². The predicted molar refractivity (Wildman–Crippen MR) is 69.5 cm³/mol. The first-order valence-electron chi connectivity index (χ1n) is 5.94. The third-order valence-electron chi connectivity index (χ3n) is 2.95. The van der Waals surface area contributed by atoms with Crippen molar-refractivity contribution in [1.82, 2.24) is 0 Å². The summed E-state index contributed by atoms with van der Waals surface area (Å²) in [5.41, 5.74) is 5.30. The van der Waals surface area contributed by atoms with Crippen molar-refractivity contribution in [2.24, 2.45) is 0 Å². The van der Waals surface area contributed by atoms with Crippen LogP contribution in [-0.2, 0) is 12.8 Å². The molecule has 0 amide bonds. The van der Waals surface area contributed by atoms with E-state index in [4.69, 9.17) is 0 Å². The molecule has 2 rings (SSSR count). The SMILES string of the molecule is CCc1cccc(-c2[c]cccc2CC)c1. The monoisotopic (exact) mass is 209 g/mol. The minimum Gasteiger partial charge on any atom is -0.0614 e. The predicted octanol–water partition coefficient (Wildman–Crippen LogP) is 4.28. The number of hydrogen-bond donors (Lipinski definition) is 0. The molecule has 2 aromatic rings. The lowest BCUT2D eigenvalue weighted by Gasteiger charge is -2.08. The van der Waals surface area contributed by atoms with Crippen LogP contribution in [0.2, 0.25) is 0 Å². The highest BCUT2D eigenvalue weighted by atomic mass is 14.1. The molecule has 0 N–H and O–H groups in total. The maximum absolute atomic E-state index is 3.36. The van der Waals surface area contributed by atoms with E-state index in [9.17, 15) is 0 Å². The topological polar surface area (TPSA) is 0 Å². The van der Waals surface area contributed by atoms with Gasteiger partial charge in [0.05, 0.1) is 0 Å². The normalized spacial score (nSPS) is 10.4. The molecule has 0 fully saturated rings. The zero-order valence-electron chi connectivity index (χ0n) is 9.96. The minimum absolute atomic E-state index is 1.06. The second-order valence-corrected chi connectivity index (χ2v) is 3.98. The summed E-state index contributed by atoms with van der Waals surface area (Å²) in [5, 5.41) is 0. The Morgan fingerprint density at radius 3 is 2.62 bits per heavy atom. The van der Waals surface area contributed by atoms with E-state index in [2.05, 4.69) is 56.3 Å². The standard InChI is InChI=1S/C16H17/c1-3-13-8-7-10-15(12-13)16-11-6-5-9-14(16)4-2/h5-10,12H,3-4H2,1-2H3. The molecule has 0 aliphatic rings. The van der Waals surface area contributed by atoms with Crippen LogP contribution in [-0.4, -0.2) is 0 Å². The van der Waals surface area contributed by atoms with Gasteiger partial charge in [-0.3, -0.25) is 0 Å². The quantitative estimate of drug-likeness (QED) is 0.707.